The third-order valence-corrected chi connectivity index (χ3v) is 3.78. The number of hydrogen-bond acceptors (Lipinski definition) is 2. The molecular formula is C14H9BrF7N3O. The molecule has 1 aromatic heterocycles. The molecule has 2 rings (SSSR count). The van der Waals surface area contributed by atoms with Gasteiger partial charge in [0.2, 0.25) is 5.91 Å². The maximum Gasteiger partial charge on any atom is 0.422 e. The highest BCUT2D eigenvalue weighted by atomic mass is 79.9. The van der Waals surface area contributed by atoms with Crippen molar-refractivity contribution in [2.45, 2.75) is 25.6 Å². The third kappa shape index (κ3) is 3.69. The molecule has 0 radical (unpaired) electrons. The second-order valence-electron chi connectivity index (χ2n) is 5.06. The highest BCUT2D eigenvalue weighted by Gasteiger charge is 2.42. The van der Waals surface area contributed by atoms with Crippen molar-refractivity contribution < 1.29 is 35.5 Å². The van der Waals surface area contributed by atoms with E-state index in [1.807, 2.05) is 0 Å². The van der Waals surface area contributed by atoms with Crippen molar-refractivity contribution >= 4 is 27.5 Å². The number of carbonyl (C=O) groups excluding carboxylic acids is 1. The van der Waals surface area contributed by atoms with Crippen LogP contribution >= 0.6 is 15.9 Å². The third-order valence-electron chi connectivity index (χ3n) is 3.37. The topological polar surface area (TPSA) is 46.9 Å². The summed E-state index contributed by atoms with van der Waals surface area (Å²) in [5.41, 5.74) is -4.36. The molecule has 0 aliphatic carbocycles. The van der Waals surface area contributed by atoms with Gasteiger partial charge in [-0.15, -0.1) is 0 Å². The van der Waals surface area contributed by atoms with E-state index in [1.165, 1.54) is 19.3 Å². The summed E-state index contributed by atoms with van der Waals surface area (Å²) in [6, 6.07) is -1.13. The first-order chi connectivity index (χ1) is 12.0. The van der Waals surface area contributed by atoms with Gasteiger partial charge in [0, 0.05) is 6.20 Å². The first kappa shape index (κ1) is 20.2. The summed E-state index contributed by atoms with van der Waals surface area (Å²) in [5, 5.41) is 5.39. The fourth-order valence-electron chi connectivity index (χ4n) is 2.17. The van der Waals surface area contributed by atoms with Crippen LogP contribution in [0.4, 0.5) is 36.4 Å². The Morgan fingerprint density at radius 3 is 2.12 bits per heavy atom. The van der Waals surface area contributed by atoms with Crippen LogP contribution in [-0.4, -0.2) is 15.7 Å². The Balaban J connectivity index is 2.45. The lowest BCUT2D eigenvalue weighted by atomic mass is 10.1. The first-order valence-corrected chi connectivity index (χ1v) is 7.71. The summed E-state index contributed by atoms with van der Waals surface area (Å²) in [4.78, 5) is 12.2. The molecule has 2 aromatic rings. The molecular weight excluding hydrogens is 439 g/mol. The molecule has 0 fully saturated rings. The normalized spacial score (nSPS) is 13.0. The van der Waals surface area contributed by atoms with Gasteiger partial charge in [0.05, 0.1) is 10.7 Å². The maximum atomic E-state index is 13.8. The number of alkyl halides is 3. The Kier molecular flexibility index (Phi) is 5.64. The lowest BCUT2D eigenvalue weighted by Crippen LogP contribution is -2.28. The van der Waals surface area contributed by atoms with E-state index in [-0.39, 0.29) is 6.42 Å². The minimum Gasteiger partial charge on any atom is -0.319 e. The number of nitrogens with zero attached hydrogens (tertiary/aromatic N) is 2. The molecule has 0 spiro atoms. The summed E-state index contributed by atoms with van der Waals surface area (Å²) >= 11 is 3.07. The summed E-state index contributed by atoms with van der Waals surface area (Å²) in [6.45, 7) is 1.51. The largest absolute Gasteiger partial charge is 0.422 e. The average molecular weight is 448 g/mol. The van der Waals surface area contributed by atoms with E-state index in [1.54, 1.807) is 5.32 Å². The molecule has 4 nitrogen and oxygen atoms in total. The molecule has 1 aromatic carbocycles. The number of anilines is 1. The van der Waals surface area contributed by atoms with Gasteiger partial charge < -0.3 is 5.32 Å². The highest BCUT2D eigenvalue weighted by molar-refractivity contribution is 9.10. The standard InChI is InChI=1S/C14H9BrF7N3O/c1-2-6(25-4-5(15)3-23-25)13(26)24-12-10(18)8(16)7(14(20,21)22)9(17)11(12)19/h3-4,6H,2H2,1H3,(H,24,26). The number of rotatable bonds is 4. The van der Waals surface area contributed by atoms with E-state index in [9.17, 15) is 35.5 Å². The van der Waals surface area contributed by atoms with Crippen molar-refractivity contribution in [3.63, 3.8) is 0 Å². The van der Waals surface area contributed by atoms with Crippen LogP contribution < -0.4 is 5.32 Å². The zero-order valence-corrected chi connectivity index (χ0v) is 14.4. The number of aromatic nitrogens is 2. The van der Waals surface area contributed by atoms with Crippen LogP contribution in [0.25, 0.3) is 0 Å². The lowest BCUT2D eigenvalue weighted by molar-refractivity contribution is -0.143. The predicted molar refractivity (Wildman–Crippen MR) is 79.2 cm³/mol. The van der Waals surface area contributed by atoms with Crippen molar-refractivity contribution in [3.8, 4) is 0 Å². The molecule has 0 aliphatic rings. The second kappa shape index (κ2) is 7.25. The predicted octanol–water partition coefficient (Wildman–Crippen LogP) is 4.81. The Morgan fingerprint density at radius 1 is 1.19 bits per heavy atom. The second-order valence-corrected chi connectivity index (χ2v) is 5.97. The minimum atomic E-state index is -5.66. The number of halogens is 8. The van der Waals surface area contributed by atoms with Gasteiger partial charge >= 0.3 is 6.18 Å². The van der Waals surface area contributed by atoms with Gasteiger partial charge in [0.15, 0.2) is 23.3 Å². The van der Waals surface area contributed by atoms with Crippen LogP contribution in [0.15, 0.2) is 16.9 Å². The monoisotopic (exact) mass is 447 g/mol. The molecule has 0 saturated carbocycles. The molecule has 1 unspecified atom stereocenters. The number of carbonyl (C=O) groups is 1. The van der Waals surface area contributed by atoms with Crippen molar-refractivity contribution in [1.82, 2.24) is 9.78 Å². The molecule has 1 atom stereocenters. The van der Waals surface area contributed by atoms with Crippen LogP contribution in [0.2, 0.25) is 0 Å². The SMILES string of the molecule is CCC(C(=O)Nc1c(F)c(F)c(C(F)(F)F)c(F)c1F)n1cc(Br)cn1. The van der Waals surface area contributed by atoms with Crippen LogP contribution in [0, 0.1) is 23.3 Å². The Bertz CT molecular complexity index is 821. The van der Waals surface area contributed by atoms with Crippen LogP contribution in [0.3, 0.4) is 0 Å². The molecule has 142 valence electrons. The Hall–Kier alpha value is -2.11. The van der Waals surface area contributed by atoms with Crippen molar-refractivity contribution in [1.29, 1.82) is 0 Å². The number of nitrogens with one attached hydrogen (secondary N) is 1. The van der Waals surface area contributed by atoms with Gasteiger partial charge in [-0.05, 0) is 22.4 Å². The smallest absolute Gasteiger partial charge is 0.319 e. The average Bonchev–Trinajstić information content (AvgIpc) is 2.95. The van der Waals surface area contributed by atoms with Crippen molar-refractivity contribution in [3.05, 3.63) is 45.7 Å². The molecule has 0 aliphatic heterocycles. The summed E-state index contributed by atoms with van der Waals surface area (Å²) in [7, 11) is 0. The zero-order chi connectivity index (χ0) is 19.8. The molecule has 1 heterocycles. The number of benzene rings is 1. The van der Waals surface area contributed by atoms with Gasteiger partial charge in [-0.25, -0.2) is 17.6 Å². The van der Waals surface area contributed by atoms with Gasteiger partial charge in [0.25, 0.3) is 0 Å². The maximum absolute atomic E-state index is 13.8. The molecule has 0 saturated heterocycles. The van der Waals surface area contributed by atoms with Crippen molar-refractivity contribution in [2.75, 3.05) is 5.32 Å². The van der Waals surface area contributed by atoms with Crippen LogP contribution in [-0.2, 0) is 11.0 Å². The van der Waals surface area contributed by atoms with Crippen LogP contribution in [0.1, 0.15) is 24.9 Å². The fourth-order valence-corrected chi connectivity index (χ4v) is 2.48. The van der Waals surface area contributed by atoms with Crippen LogP contribution in [0.5, 0.6) is 0 Å². The Morgan fingerprint density at radius 2 is 1.73 bits per heavy atom. The van der Waals surface area contributed by atoms with Gasteiger partial charge in [-0.3, -0.25) is 9.48 Å². The zero-order valence-electron chi connectivity index (χ0n) is 12.8. The molecule has 1 amide bonds. The molecule has 12 heteroatoms. The van der Waals surface area contributed by atoms with E-state index in [0.717, 1.165) is 4.68 Å². The lowest BCUT2D eigenvalue weighted by Gasteiger charge is -2.18. The number of amides is 1. The molecule has 26 heavy (non-hydrogen) atoms. The fraction of sp³-hybridized carbons (Fsp3) is 0.286. The molecule has 1 N–H and O–H groups in total. The van der Waals surface area contributed by atoms with E-state index in [2.05, 4.69) is 21.0 Å². The van der Waals surface area contributed by atoms with E-state index in [4.69, 9.17) is 0 Å². The summed E-state index contributed by atoms with van der Waals surface area (Å²) in [6.07, 6.45) is -2.93. The van der Waals surface area contributed by atoms with Gasteiger partial charge in [-0.2, -0.15) is 18.3 Å². The molecule has 0 bridgehead atoms. The first-order valence-electron chi connectivity index (χ1n) is 6.92. The van der Waals surface area contributed by atoms with E-state index in [0.29, 0.717) is 4.47 Å². The van der Waals surface area contributed by atoms with E-state index < -0.39 is 52.6 Å². The summed E-state index contributed by atoms with van der Waals surface area (Å²) < 4.78 is 94.1. The van der Waals surface area contributed by atoms with Gasteiger partial charge in [0.1, 0.15) is 17.3 Å². The van der Waals surface area contributed by atoms with E-state index >= 15 is 0 Å². The quantitative estimate of drug-likeness (QED) is 0.539. The number of hydrogen-bond donors (Lipinski definition) is 1. The minimum absolute atomic E-state index is 0.0643. The summed E-state index contributed by atoms with van der Waals surface area (Å²) in [5.74, 6) is -11.1. The Labute approximate surface area is 150 Å². The van der Waals surface area contributed by atoms with Crippen molar-refractivity contribution in [2.24, 2.45) is 0 Å². The highest BCUT2D eigenvalue weighted by Crippen LogP contribution is 2.38. The van der Waals surface area contributed by atoms with Gasteiger partial charge in [-0.1, -0.05) is 6.92 Å².